The normalized spacial score (nSPS) is 34.8. The summed E-state index contributed by atoms with van der Waals surface area (Å²) in [6, 6.07) is 0. The summed E-state index contributed by atoms with van der Waals surface area (Å²) in [5.41, 5.74) is 0. The Balaban J connectivity index is 2.32. The summed E-state index contributed by atoms with van der Waals surface area (Å²) in [5.74, 6) is 1.16. The van der Waals surface area contributed by atoms with Gasteiger partial charge in [0.1, 0.15) is 6.17 Å². The molecule has 1 rings (SSSR count). The zero-order chi connectivity index (χ0) is 7.56. The minimum atomic E-state index is -0.610. The highest BCUT2D eigenvalue weighted by Crippen LogP contribution is 2.20. The van der Waals surface area contributed by atoms with Gasteiger partial charge in [-0.05, 0) is 24.8 Å². The van der Waals surface area contributed by atoms with E-state index in [1.165, 1.54) is 0 Å². The molecule has 0 aromatic rings. The van der Waals surface area contributed by atoms with Crippen LogP contribution in [0.4, 0.5) is 4.39 Å². The number of piperidine rings is 1. The van der Waals surface area contributed by atoms with Gasteiger partial charge in [0.2, 0.25) is 0 Å². The molecule has 1 aliphatic rings. The SMILES string of the molecule is CC(C)C1CNC[C@H](F)C1. The zero-order valence-corrected chi connectivity index (χ0v) is 6.73. The first-order chi connectivity index (χ1) is 4.70. The summed E-state index contributed by atoms with van der Waals surface area (Å²) in [4.78, 5) is 0. The van der Waals surface area contributed by atoms with Gasteiger partial charge >= 0.3 is 0 Å². The van der Waals surface area contributed by atoms with Gasteiger partial charge in [-0.3, -0.25) is 0 Å². The maximum Gasteiger partial charge on any atom is 0.113 e. The molecular weight excluding hydrogens is 129 g/mol. The van der Waals surface area contributed by atoms with E-state index in [2.05, 4.69) is 19.2 Å². The molecule has 0 aromatic carbocycles. The molecule has 2 heteroatoms. The molecule has 0 spiro atoms. The van der Waals surface area contributed by atoms with Gasteiger partial charge in [0.05, 0.1) is 0 Å². The second-order valence-corrected chi connectivity index (χ2v) is 3.50. The van der Waals surface area contributed by atoms with Crippen molar-refractivity contribution in [3.63, 3.8) is 0 Å². The van der Waals surface area contributed by atoms with E-state index in [-0.39, 0.29) is 0 Å². The highest BCUT2D eigenvalue weighted by molar-refractivity contribution is 4.77. The van der Waals surface area contributed by atoms with Crippen molar-refractivity contribution < 1.29 is 4.39 Å². The Hall–Kier alpha value is -0.110. The first-order valence-corrected chi connectivity index (χ1v) is 4.05. The second-order valence-electron chi connectivity index (χ2n) is 3.50. The van der Waals surface area contributed by atoms with Crippen molar-refractivity contribution in [2.75, 3.05) is 13.1 Å². The Morgan fingerprint density at radius 3 is 2.50 bits per heavy atom. The molecule has 0 bridgehead atoms. The van der Waals surface area contributed by atoms with Gasteiger partial charge in [-0.2, -0.15) is 0 Å². The summed E-state index contributed by atoms with van der Waals surface area (Å²) in [6.45, 7) is 5.87. The predicted molar refractivity (Wildman–Crippen MR) is 40.7 cm³/mol. The fourth-order valence-electron chi connectivity index (χ4n) is 1.43. The third kappa shape index (κ3) is 1.94. The summed E-state index contributed by atoms with van der Waals surface area (Å²) in [7, 11) is 0. The van der Waals surface area contributed by atoms with E-state index in [9.17, 15) is 4.39 Å². The molecule has 0 amide bonds. The molecular formula is C8H16FN. The predicted octanol–water partition coefficient (Wildman–Crippen LogP) is 1.59. The standard InChI is InChI=1S/C8H16FN/c1-6(2)7-3-8(9)5-10-4-7/h6-8,10H,3-5H2,1-2H3/t7?,8-/m1/s1. The van der Waals surface area contributed by atoms with E-state index in [4.69, 9.17) is 0 Å². The Morgan fingerprint density at radius 2 is 2.10 bits per heavy atom. The maximum atomic E-state index is 12.7. The van der Waals surface area contributed by atoms with Crippen molar-refractivity contribution in [1.29, 1.82) is 0 Å². The van der Waals surface area contributed by atoms with Crippen LogP contribution in [0.25, 0.3) is 0 Å². The van der Waals surface area contributed by atoms with Crippen molar-refractivity contribution >= 4 is 0 Å². The molecule has 1 nitrogen and oxygen atoms in total. The fraction of sp³-hybridized carbons (Fsp3) is 1.00. The molecule has 0 aliphatic carbocycles. The first kappa shape index (κ1) is 7.99. The van der Waals surface area contributed by atoms with Crippen LogP contribution in [0.5, 0.6) is 0 Å². The zero-order valence-electron chi connectivity index (χ0n) is 6.73. The Labute approximate surface area is 62.0 Å². The minimum Gasteiger partial charge on any atom is -0.314 e. The average Bonchev–Trinajstić information content (AvgIpc) is 1.88. The molecule has 1 N–H and O–H groups in total. The van der Waals surface area contributed by atoms with Gasteiger partial charge in [0.15, 0.2) is 0 Å². The lowest BCUT2D eigenvalue weighted by Crippen LogP contribution is -2.39. The average molecular weight is 145 g/mol. The number of halogens is 1. The lowest BCUT2D eigenvalue weighted by molar-refractivity contribution is 0.183. The van der Waals surface area contributed by atoms with Crippen molar-refractivity contribution in [2.24, 2.45) is 11.8 Å². The van der Waals surface area contributed by atoms with Gasteiger partial charge in [-0.15, -0.1) is 0 Å². The molecule has 2 atom stereocenters. The van der Waals surface area contributed by atoms with Crippen LogP contribution < -0.4 is 5.32 Å². The molecule has 1 unspecified atom stereocenters. The van der Waals surface area contributed by atoms with E-state index in [1.807, 2.05) is 0 Å². The summed E-state index contributed by atoms with van der Waals surface area (Å²) >= 11 is 0. The minimum absolute atomic E-state index is 0.545. The Morgan fingerprint density at radius 1 is 1.40 bits per heavy atom. The van der Waals surface area contributed by atoms with Gasteiger partial charge in [0, 0.05) is 6.54 Å². The highest BCUT2D eigenvalue weighted by Gasteiger charge is 2.22. The van der Waals surface area contributed by atoms with Crippen molar-refractivity contribution in [2.45, 2.75) is 26.4 Å². The van der Waals surface area contributed by atoms with Crippen LogP contribution in [0.15, 0.2) is 0 Å². The number of rotatable bonds is 1. The van der Waals surface area contributed by atoms with Crippen LogP contribution in [-0.4, -0.2) is 19.3 Å². The number of nitrogens with one attached hydrogen (secondary N) is 1. The second kappa shape index (κ2) is 3.33. The van der Waals surface area contributed by atoms with E-state index < -0.39 is 6.17 Å². The smallest absolute Gasteiger partial charge is 0.113 e. The summed E-state index contributed by atoms with van der Waals surface area (Å²) in [6.07, 6.45) is 0.145. The first-order valence-electron chi connectivity index (χ1n) is 4.05. The molecule has 10 heavy (non-hydrogen) atoms. The van der Waals surface area contributed by atoms with Crippen molar-refractivity contribution in [3.8, 4) is 0 Å². The van der Waals surface area contributed by atoms with Crippen molar-refractivity contribution in [1.82, 2.24) is 5.32 Å². The van der Waals surface area contributed by atoms with Gasteiger partial charge in [0.25, 0.3) is 0 Å². The van der Waals surface area contributed by atoms with Crippen LogP contribution in [0.2, 0.25) is 0 Å². The van der Waals surface area contributed by atoms with Gasteiger partial charge in [-0.25, -0.2) is 4.39 Å². The number of hydrogen-bond donors (Lipinski definition) is 1. The van der Waals surface area contributed by atoms with Crippen LogP contribution in [0, 0.1) is 11.8 Å². The molecule has 1 saturated heterocycles. The third-order valence-corrected chi connectivity index (χ3v) is 2.27. The lowest BCUT2D eigenvalue weighted by atomic mass is 9.88. The van der Waals surface area contributed by atoms with Crippen LogP contribution >= 0.6 is 0 Å². The molecule has 0 saturated carbocycles. The summed E-state index contributed by atoms with van der Waals surface area (Å²) in [5, 5.41) is 3.09. The quantitative estimate of drug-likeness (QED) is 0.591. The third-order valence-electron chi connectivity index (χ3n) is 2.27. The Kier molecular flexibility index (Phi) is 2.66. The molecule has 0 aromatic heterocycles. The number of alkyl halides is 1. The maximum absolute atomic E-state index is 12.7. The van der Waals surface area contributed by atoms with E-state index >= 15 is 0 Å². The van der Waals surface area contributed by atoms with E-state index in [0.29, 0.717) is 18.4 Å². The molecule has 0 radical (unpaired) electrons. The molecule has 1 aliphatic heterocycles. The topological polar surface area (TPSA) is 12.0 Å². The highest BCUT2D eigenvalue weighted by atomic mass is 19.1. The molecule has 1 fully saturated rings. The largest absolute Gasteiger partial charge is 0.314 e. The van der Waals surface area contributed by atoms with Gasteiger partial charge in [-0.1, -0.05) is 13.8 Å². The van der Waals surface area contributed by atoms with Crippen molar-refractivity contribution in [3.05, 3.63) is 0 Å². The summed E-state index contributed by atoms with van der Waals surface area (Å²) < 4.78 is 12.7. The van der Waals surface area contributed by atoms with Gasteiger partial charge < -0.3 is 5.32 Å². The van der Waals surface area contributed by atoms with E-state index in [0.717, 1.165) is 13.0 Å². The lowest BCUT2D eigenvalue weighted by Gasteiger charge is -2.28. The molecule has 60 valence electrons. The fourth-order valence-corrected chi connectivity index (χ4v) is 1.43. The van der Waals surface area contributed by atoms with Crippen LogP contribution in [0.1, 0.15) is 20.3 Å². The van der Waals surface area contributed by atoms with Crippen LogP contribution in [-0.2, 0) is 0 Å². The molecule has 1 heterocycles. The Bertz CT molecular complexity index is 103. The van der Waals surface area contributed by atoms with Crippen LogP contribution in [0.3, 0.4) is 0 Å². The number of hydrogen-bond acceptors (Lipinski definition) is 1. The van der Waals surface area contributed by atoms with E-state index in [1.54, 1.807) is 0 Å². The monoisotopic (exact) mass is 145 g/mol.